The molecule has 4 rings (SSSR count). The Hall–Kier alpha value is -2.23. The molecule has 2 amide bonds. The van der Waals surface area contributed by atoms with Crippen LogP contribution in [0.5, 0.6) is 0 Å². The number of benzene rings is 1. The lowest BCUT2D eigenvalue weighted by Gasteiger charge is -2.46. The zero-order chi connectivity index (χ0) is 30.3. The minimum Gasteiger partial charge on any atom is -0.466 e. The van der Waals surface area contributed by atoms with Gasteiger partial charge < -0.3 is 24.4 Å². The SMILES string of the molecule is C=CCN(C(=O)C1N([C@@H](CO)Cc2ccccc2)C(=O)[C@@H]2[C@@H](C(=O)OCC)[C@@H]3OC12CC3Br)C(C)(C)CC(C)(C)C. The van der Waals surface area contributed by atoms with Gasteiger partial charge in [0, 0.05) is 16.9 Å². The van der Waals surface area contributed by atoms with E-state index < -0.39 is 47.1 Å². The highest BCUT2D eigenvalue weighted by Gasteiger charge is 2.77. The summed E-state index contributed by atoms with van der Waals surface area (Å²) in [5, 5.41) is 10.7. The van der Waals surface area contributed by atoms with Gasteiger partial charge in [-0.25, -0.2) is 0 Å². The van der Waals surface area contributed by atoms with Gasteiger partial charge in [0.1, 0.15) is 11.6 Å². The second-order valence-electron chi connectivity index (χ2n) is 13.5. The van der Waals surface area contributed by atoms with E-state index in [1.54, 1.807) is 17.9 Å². The summed E-state index contributed by atoms with van der Waals surface area (Å²) in [5.41, 5.74) is -0.951. The number of esters is 1. The van der Waals surface area contributed by atoms with Crippen LogP contribution in [0.2, 0.25) is 0 Å². The Morgan fingerprint density at radius 1 is 1.27 bits per heavy atom. The zero-order valence-electron chi connectivity index (χ0n) is 25.1. The van der Waals surface area contributed by atoms with Gasteiger partial charge in [-0.05, 0) is 51.0 Å². The van der Waals surface area contributed by atoms with Crippen LogP contribution in [-0.4, -0.2) is 86.6 Å². The maximum absolute atomic E-state index is 14.9. The van der Waals surface area contributed by atoms with Crippen LogP contribution in [0.4, 0.5) is 0 Å². The maximum Gasteiger partial charge on any atom is 0.312 e. The summed E-state index contributed by atoms with van der Waals surface area (Å²) >= 11 is 3.70. The van der Waals surface area contributed by atoms with Crippen molar-refractivity contribution >= 4 is 33.7 Å². The van der Waals surface area contributed by atoms with Crippen molar-refractivity contribution in [2.75, 3.05) is 19.8 Å². The first-order chi connectivity index (χ1) is 19.2. The number of aliphatic hydroxyl groups excluding tert-OH is 1. The average Bonchev–Trinajstić information content (AvgIpc) is 3.48. The van der Waals surface area contributed by atoms with Crippen LogP contribution in [0, 0.1) is 17.3 Å². The fraction of sp³-hybridized carbons (Fsp3) is 0.656. The van der Waals surface area contributed by atoms with Crippen molar-refractivity contribution in [3.05, 3.63) is 48.6 Å². The first-order valence-electron chi connectivity index (χ1n) is 14.6. The Morgan fingerprint density at radius 3 is 2.49 bits per heavy atom. The van der Waals surface area contributed by atoms with Crippen molar-refractivity contribution in [3.63, 3.8) is 0 Å². The van der Waals surface area contributed by atoms with Crippen LogP contribution < -0.4 is 0 Å². The molecule has 3 aliphatic rings. The molecule has 7 atom stereocenters. The summed E-state index contributed by atoms with van der Waals surface area (Å²) in [4.78, 5) is 45.8. The van der Waals surface area contributed by atoms with Gasteiger partial charge in [-0.15, -0.1) is 6.58 Å². The number of rotatable bonds is 11. The zero-order valence-corrected chi connectivity index (χ0v) is 26.7. The van der Waals surface area contributed by atoms with E-state index in [0.717, 1.165) is 5.56 Å². The third-order valence-corrected chi connectivity index (χ3v) is 9.55. The van der Waals surface area contributed by atoms with Crippen molar-refractivity contribution in [1.29, 1.82) is 0 Å². The summed E-state index contributed by atoms with van der Waals surface area (Å²) in [6.45, 7) is 16.2. The molecule has 1 N–H and O–H groups in total. The van der Waals surface area contributed by atoms with E-state index >= 15 is 0 Å². The van der Waals surface area contributed by atoms with E-state index in [4.69, 9.17) is 9.47 Å². The van der Waals surface area contributed by atoms with E-state index in [9.17, 15) is 19.5 Å². The molecule has 3 aliphatic heterocycles. The quantitative estimate of drug-likeness (QED) is 0.224. The molecular formula is C32H45BrN2O6. The smallest absolute Gasteiger partial charge is 0.312 e. The molecule has 0 saturated carbocycles. The first kappa shape index (κ1) is 31.7. The topological polar surface area (TPSA) is 96.4 Å². The Kier molecular flexibility index (Phi) is 9.13. The number of halogens is 1. The van der Waals surface area contributed by atoms with Gasteiger partial charge in [-0.2, -0.15) is 0 Å². The minimum atomic E-state index is -1.23. The van der Waals surface area contributed by atoms with Crippen LogP contribution in [0.3, 0.4) is 0 Å². The average molecular weight is 634 g/mol. The molecule has 0 radical (unpaired) electrons. The third-order valence-electron chi connectivity index (χ3n) is 8.71. The molecular weight excluding hydrogens is 588 g/mol. The number of ether oxygens (including phenoxy) is 2. The van der Waals surface area contributed by atoms with E-state index in [0.29, 0.717) is 19.3 Å². The van der Waals surface area contributed by atoms with Crippen molar-refractivity contribution in [2.45, 2.75) is 95.0 Å². The number of carbonyl (C=O) groups excluding carboxylic acids is 3. The van der Waals surface area contributed by atoms with Crippen LogP contribution in [0.1, 0.15) is 59.9 Å². The molecule has 41 heavy (non-hydrogen) atoms. The molecule has 2 bridgehead atoms. The van der Waals surface area contributed by atoms with Gasteiger partial charge in [-0.3, -0.25) is 14.4 Å². The molecule has 226 valence electrons. The summed E-state index contributed by atoms with van der Waals surface area (Å²) in [6, 6.07) is 7.89. The van der Waals surface area contributed by atoms with E-state index in [2.05, 4.69) is 43.3 Å². The predicted molar refractivity (Wildman–Crippen MR) is 160 cm³/mol. The Bertz CT molecular complexity index is 1150. The largest absolute Gasteiger partial charge is 0.466 e. The standard InChI is InChI=1S/C32H45BrN2O6/c1-8-15-34(31(6,7)19-30(3,4)5)28(38)26-32-17-22(33)25(41-32)23(29(39)40-9-2)24(32)27(37)35(26)21(18-36)16-20-13-11-10-12-14-20/h8,10-14,21-26,36H,1,9,15-19H2,2-7H3/t21-,22?,23-,24+,25-,26?,32?/m1/s1. The number of carbonyl (C=O) groups is 3. The number of nitrogens with zero attached hydrogens (tertiary/aromatic N) is 2. The summed E-state index contributed by atoms with van der Waals surface area (Å²) in [6.07, 6.45) is 2.57. The molecule has 3 unspecified atom stereocenters. The van der Waals surface area contributed by atoms with Crippen molar-refractivity contribution in [3.8, 4) is 0 Å². The molecule has 3 saturated heterocycles. The van der Waals surface area contributed by atoms with E-state index in [1.165, 1.54) is 4.90 Å². The van der Waals surface area contributed by atoms with Crippen LogP contribution in [0.15, 0.2) is 43.0 Å². The van der Waals surface area contributed by atoms with Gasteiger partial charge in [0.05, 0.1) is 37.2 Å². The van der Waals surface area contributed by atoms with Gasteiger partial charge in [0.15, 0.2) is 0 Å². The number of alkyl halides is 1. The summed E-state index contributed by atoms with van der Waals surface area (Å²) < 4.78 is 12.1. The molecule has 8 nitrogen and oxygen atoms in total. The second-order valence-corrected chi connectivity index (χ2v) is 14.7. The van der Waals surface area contributed by atoms with Crippen LogP contribution in [0.25, 0.3) is 0 Å². The fourth-order valence-corrected chi connectivity index (χ4v) is 8.63. The lowest BCUT2D eigenvalue weighted by Crippen LogP contribution is -2.63. The van der Waals surface area contributed by atoms with E-state index in [1.807, 2.05) is 44.2 Å². The highest BCUT2D eigenvalue weighted by atomic mass is 79.9. The number of hydrogen-bond donors (Lipinski definition) is 1. The number of hydrogen-bond acceptors (Lipinski definition) is 6. The number of likely N-dealkylation sites (tertiary alicyclic amines) is 1. The van der Waals surface area contributed by atoms with Gasteiger partial charge in [0.25, 0.3) is 0 Å². The molecule has 0 aliphatic carbocycles. The predicted octanol–water partition coefficient (Wildman–Crippen LogP) is 4.13. The number of amides is 2. The van der Waals surface area contributed by atoms with Crippen LogP contribution >= 0.6 is 15.9 Å². The highest BCUT2D eigenvalue weighted by Crippen LogP contribution is 2.61. The molecule has 1 aromatic rings. The Labute approximate surface area is 252 Å². The Morgan fingerprint density at radius 2 is 1.93 bits per heavy atom. The van der Waals surface area contributed by atoms with E-state index in [-0.39, 0.29) is 41.8 Å². The minimum absolute atomic E-state index is 0.0750. The molecule has 1 aromatic carbocycles. The van der Waals surface area contributed by atoms with Gasteiger partial charge >= 0.3 is 5.97 Å². The second kappa shape index (κ2) is 11.8. The highest BCUT2D eigenvalue weighted by molar-refractivity contribution is 9.09. The lowest BCUT2D eigenvalue weighted by molar-refractivity contribution is -0.157. The summed E-state index contributed by atoms with van der Waals surface area (Å²) in [5.74, 6) is -2.81. The third kappa shape index (κ3) is 5.74. The van der Waals surface area contributed by atoms with Crippen LogP contribution in [-0.2, 0) is 30.3 Å². The molecule has 3 heterocycles. The molecule has 1 spiro atoms. The fourth-order valence-electron chi connectivity index (χ4n) is 7.69. The van der Waals surface area contributed by atoms with Gasteiger partial charge in [-0.1, -0.05) is 73.1 Å². The monoisotopic (exact) mass is 632 g/mol. The van der Waals surface area contributed by atoms with Crippen molar-refractivity contribution < 1.29 is 29.0 Å². The normalized spacial score (nSPS) is 29.8. The number of aliphatic hydroxyl groups is 1. The molecule has 3 fully saturated rings. The summed E-state index contributed by atoms with van der Waals surface area (Å²) in [7, 11) is 0. The first-order valence-corrected chi connectivity index (χ1v) is 15.5. The van der Waals surface area contributed by atoms with Gasteiger partial charge in [0.2, 0.25) is 11.8 Å². The maximum atomic E-state index is 14.9. The Balaban J connectivity index is 1.85. The molecule has 9 heteroatoms. The van der Waals surface area contributed by atoms with Crippen molar-refractivity contribution in [1.82, 2.24) is 9.80 Å². The lowest BCUT2D eigenvalue weighted by atomic mass is 9.70. The van der Waals surface area contributed by atoms with Crippen molar-refractivity contribution in [2.24, 2.45) is 17.3 Å². The number of fused-ring (bicyclic) bond motifs is 1. The molecule has 0 aromatic heterocycles.